The molecule has 33 heavy (non-hydrogen) atoms. The number of nitrogens with zero attached hydrogens (tertiary/aromatic N) is 2. The Kier molecular flexibility index (Phi) is 9.72. The molecule has 2 aromatic rings. The van der Waals surface area contributed by atoms with Crippen LogP contribution in [0.3, 0.4) is 0 Å². The fourth-order valence-corrected chi connectivity index (χ4v) is 4.56. The van der Waals surface area contributed by atoms with Crippen molar-refractivity contribution in [2.24, 2.45) is 0 Å². The highest BCUT2D eigenvalue weighted by molar-refractivity contribution is 9.10. The molecule has 0 saturated carbocycles. The van der Waals surface area contributed by atoms with Gasteiger partial charge in [0.2, 0.25) is 21.8 Å². The second-order valence-corrected chi connectivity index (χ2v) is 10.4. The number of methoxy groups -OCH3 is 1. The quantitative estimate of drug-likeness (QED) is 0.473. The number of benzene rings is 2. The normalized spacial score (nSPS) is 12.0. The van der Waals surface area contributed by atoms with Crippen molar-refractivity contribution in [2.75, 3.05) is 31.3 Å². The molecule has 0 heterocycles. The molecule has 0 aliphatic heterocycles. The van der Waals surface area contributed by atoms with Gasteiger partial charge in [-0.1, -0.05) is 28.1 Å². The molecule has 0 aliphatic carbocycles. The maximum absolute atomic E-state index is 13.1. The highest BCUT2D eigenvalue weighted by Gasteiger charge is 2.26. The van der Waals surface area contributed by atoms with E-state index < -0.39 is 16.1 Å². The summed E-state index contributed by atoms with van der Waals surface area (Å²) >= 11 is 3.39. The SMILES string of the molecule is CNC(=O)C(C)N(Cc1ccc(Br)cc1)C(=O)CCCN(c1ccc(OC)cc1)S(C)(=O)=O. The van der Waals surface area contributed by atoms with E-state index in [1.165, 1.54) is 23.4 Å². The van der Waals surface area contributed by atoms with Crippen LogP contribution in [0.25, 0.3) is 0 Å². The van der Waals surface area contributed by atoms with Gasteiger partial charge in [-0.25, -0.2) is 8.42 Å². The molecular formula is C23H30BrN3O5S. The summed E-state index contributed by atoms with van der Waals surface area (Å²) in [5.74, 6) is 0.128. The number of carbonyl (C=O) groups excluding carboxylic acids is 2. The molecule has 2 rings (SSSR count). The standard InChI is InChI=1S/C23H30BrN3O5S/c1-17(23(29)25-2)26(16-18-7-9-19(24)10-8-18)22(28)6-5-15-27(33(4,30)31)20-11-13-21(32-3)14-12-20/h7-14,17H,5-6,15-16H2,1-4H3,(H,25,29). The fraction of sp³-hybridized carbons (Fsp3) is 0.391. The summed E-state index contributed by atoms with van der Waals surface area (Å²) in [6.45, 7) is 2.09. The van der Waals surface area contributed by atoms with Crippen LogP contribution >= 0.6 is 15.9 Å². The van der Waals surface area contributed by atoms with E-state index in [4.69, 9.17) is 4.74 Å². The lowest BCUT2D eigenvalue weighted by atomic mass is 10.1. The molecule has 2 amide bonds. The third-order valence-electron chi connectivity index (χ3n) is 5.19. The lowest BCUT2D eigenvalue weighted by Crippen LogP contribution is -2.46. The van der Waals surface area contributed by atoms with Crippen molar-refractivity contribution in [3.63, 3.8) is 0 Å². The minimum atomic E-state index is -3.54. The fourth-order valence-electron chi connectivity index (χ4n) is 3.33. The number of amides is 2. The Bertz CT molecular complexity index is 1040. The van der Waals surface area contributed by atoms with Gasteiger partial charge in [-0.05, 0) is 55.3 Å². The molecular weight excluding hydrogens is 510 g/mol. The van der Waals surface area contributed by atoms with Gasteiger partial charge in [0, 0.05) is 31.0 Å². The van der Waals surface area contributed by atoms with E-state index >= 15 is 0 Å². The van der Waals surface area contributed by atoms with Crippen LogP contribution in [0.1, 0.15) is 25.3 Å². The third-order valence-corrected chi connectivity index (χ3v) is 6.92. The van der Waals surface area contributed by atoms with Gasteiger partial charge >= 0.3 is 0 Å². The van der Waals surface area contributed by atoms with Crippen LogP contribution in [-0.2, 0) is 26.2 Å². The first-order valence-electron chi connectivity index (χ1n) is 10.4. The predicted molar refractivity (Wildman–Crippen MR) is 133 cm³/mol. The molecule has 0 radical (unpaired) electrons. The molecule has 0 aliphatic rings. The minimum Gasteiger partial charge on any atom is -0.497 e. The molecule has 10 heteroatoms. The lowest BCUT2D eigenvalue weighted by molar-refractivity contribution is -0.140. The number of carbonyl (C=O) groups is 2. The molecule has 0 fully saturated rings. The van der Waals surface area contributed by atoms with Crippen molar-refractivity contribution in [3.05, 3.63) is 58.6 Å². The Labute approximate surface area is 204 Å². The molecule has 1 unspecified atom stereocenters. The number of hydrogen-bond donors (Lipinski definition) is 1. The van der Waals surface area contributed by atoms with Crippen molar-refractivity contribution >= 4 is 43.5 Å². The van der Waals surface area contributed by atoms with Gasteiger partial charge < -0.3 is 15.0 Å². The van der Waals surface area contributed by atoms with Crippen molar-refractivity contribution in [1.29, 1.82) is 0 Å². The zero-order valence-corrected chi connectivity index (χ0v) is 21.6. The molecule has 8 nitrogen and oxygen atoms in total. The highest BCUT2D eigenvalue weighted by atomic mass is 79.9. The van der Waals surface area contributed by atoms with E-state index in [-0.39, 0.29) is 31.3 Å². The molecule has 180 valence electrons. The number of anilines is 1. The Morgan fingerprint density at radius 3 is 2.21 bits per heavy atom. The zero-order valence-electron chi connectivity index (χ0n) is 19.2. The largest absolute Gasteiger partial charge is 0.497 e. The first-order valence-corrected chi connectivity index (χ1v) is 13.1. The van der Waals surface area contributed by atoms with Crippen LogP contribution in [0.15, 0.2) is 53.0 Å². The maximum atomic E-state index is 13.1. The molecule has 0 spiro atoms. The maximum Gasteiger partial charge on any atom is 0.242 e. The van der Waals surface area contributed by atoms with E-state index in [9.17, 15) is 18.0 Å². The molecule has 2 aromatic carbocycles. The van der Waals surface area contributed by atoms with Gasteiger partial charge in [0.25, 0.3) is 0 Å². The van der Waals surface area contributed by atoms with E-state index in [0.29, 0.717) is 17.9 Å². The van der Waals surface area contributed by atoms with Crippen LogP contribution in [-0.4, -0.2) is 58.1 Å². The van der Waals surface area contributed by atoms with Crippen molar-refractivity contribution in [1.82, 2.24) is 10.2 Å². The van der Waals surface area contributed by atoms with Crippen LogP contribution in [0.4, 0.5) is 5.69 Å². The average Bonchev–Trinajstić information content (AvgIpc) is 2.79. The van der Waals surface area contributed by atoms with E-state index in [2.05, 4.69) is 21.2 Å². The van der Waals surface area contributed by atoms with E-state index in [0.717, 1.165) is 16.3 Å². The summed E-state index contributed by atoms with van der Waals surface area (Å²) in [5, 5.41) is 2.58. The monoisotopic (exact) mass is 539 g/mol. The Morgan fingerprint density at radius 1 is 1.09 bits per heavy atom. The number of nitrogens with one attached hydrogen (secondary N) is 1. The number of rotatable bonds is 11. The number of hydrogen-bond acceptors (Lipinski definition) is 5. The van der Waals surface area contributed by atoms with E-state index in [1.54, 1.807) is 31.2 Å². The topological polar surface area (TPSA) is 96.0 Å². The van der Waals surface area contributed by atoms with Gasteiger partial charge in [-0.15, -0.1) is 0 Å². The van der Waals surface area contributed by atoms with Crippen molar-refractivity contribution in [3.8, 4) is 5.75 Å². The number of halogens is 1. The van der Waals surface area contributed by atoms with Gasteiger partial charge in [-0.3, -0.25) is 13.9 Å². The highest BCUT2D eigenvalue weighted by Crippen LogP contribution is 2.22. The summed E-state index contributed by atoms with van der Waals surface area (Å²) < 4.78 is 32.0. The zero-order chi connectivity index (χ0) is 24.6. The number of ether oxygens (including phenoxy) is 1. The second-order valence-electron chi connectivity index (χ2n) is 7.58. The molecule has 0 aromatic heterocycles. The Balaban J connectivity index is 2.12. The first-order chi connectivity index (χ1) is 15.6. The predicted octanol–water partition coefficient (Wildman–Crippen LogP) is 3.17. The van der Waals surface area contributed by atoms with Crippen molar-refractivity contribution in [2.45, 2.75) is 32.4 Å². The molecule has 0 saturated heterocycles. The molecule has 1 atom stereocenters. The van der Waals surface area contributed by atoms with Crippen LogP contribution in [0, 0.1) is 0 Å². The third kappa shape index (κ3) is 7.75. The smallest absolute Gasteiger partial charge is 0.242 e. The average molecular weight is 540 g/mol. The van der Waals surface area contributed by atoms with Crippen LogP contribution < -0.4 is 14.4 Å². The summed E-state index contributed by atoms with van der Waals surface area (Å²) in [6, 6.07) is 13.5. The first kappa shape index (κ1) is 26.7. The van der Waals surface area contributed by atoms with Gasteiger partial charge in [0.1, 0.15) is 11.8 Å². The minimum absolute atomic E-state index is 0.0973. The summed E-state index contributed by atoms with van der Waals surface area (Å²) in [6.07, 6.45) is 1.53. The lowest BCUT2D eigenvalue weighted by Gasteiger charge is -2.29. The summed E-state index contributed by atoms with van der Waals surface area (Å²) in [5.41, 5.74) is 1.38. The second kappa shape index (κ2) is 12.0. The summed E-state index contributed by atoms with van der Waals surface area (Å²) in [4.78, 5) is 26.8. The summed E-state index contributed by atoms with van der Waals surface area (Å²) in [7, 11) is -0.479. The van der Waals surface area contributed by atoms with Crippen LogP contribution in [0.5, 0.6) is 5.75 Å². The van der Waals surface area contributed by atoms with E-state index in [1.807, 2.05) is 24.3 Å². The Hall–Kier alpha value is -2.59. The van der Waals surface area contributed by atoms with Crippen LogP contribution in [0.2, 0.25) is 0 Å². The molecule has 1 N–H and O–H groups in total. The van der Waals surface area contributed by atoms with Gasteiger partial charge in [0.15, 0.2) is 0 Å². The molecule has 0 bridgehead atoms. The number of sulfonamides is 1. The number of likely N-dealkylation sites (N-methyl/N-ethyl adjacent to an activating group) is 1. The van der Waals surface area contributed by atoms with Gasteiger partial charge in [0.05, 0.1) is 19.1 Å². The van der Waals surface area contributed by atoms with Crippen molar-refractivity contribution < 1.29 is 22.7 Å². The Morgan fingerprint density at radius 2 is 1.70 bits per heavy atom. The van der Waals surface area contributed by atoms with Gasteiger partial charge in [-0.2, -0.15) is 0 Å².